The molecular formula is C18H17NO3S2. The van der Waals surface area contributed by atoms with Crippen LogP contribution in [0.3, 0.4) is 0 Å². The largest absolute Gasteiger partial charge is 0.497 e. The molecule has 0 unspecified atom stereocenters. The summed E-state index contributed by atoms with van der Waals surface area (Å²) in [6.07, 6.45) is 0. The topological polar surface area (TPSA) is 46.6 Å². The predicted octanol–water partition coefficient (Wildman–Crippen LogP) is 4.15. The van der Waals surface area contributed by atoms with Crippen LogP contribution in [0.25, 0.3) is 0 Å². The zero-order valence-corrected chi connectivity index (χ0v) is 14.8. The molecule has 2 aromatic carbocycles. The standard InChI is InChI=1S/C18H17NO3S2/c1-22-17-10-5-7-15(13-17)14-19(16-8-3-2-4-9-16)24(20,21)18-11-6-12-23-18/h2-13H,14H2,1H3. The minimum atomic E-state index is -3.62. The van der Waals surface area contributed by atoms with E-state index in [0.717, 1.165) is 5.56 Å². The van der Waals surface area contributed by atoms with Crippen LogP contribution in [0.5, 0.6) is 5.75 Å². The summed E-state index contributed by atoms with van der Waals surface area (Å²) in [7, 11) is -2.02. The van der Waals surface area contributed by atoms with Crippen LogP contribution in [-0.4, -0.2) is 15.5 Å². The molecule has 6 heteroatoms. The molecule has 1 heterocycles. The highest BCUT2D eigenvalue weighted by atomic mass is 32.2. The van der Waals surface area contributed by atoms with Crippen molar-refractivity contribution in [2.45, 2.75) is 10.8 Å². The Morgan fingerprint density at radius 1 is 1.00 bits per heavy atom. The van der Waals surface area contributed by atoms with Gasteiger partial charge in [0.1, 0.15) is 9.96 Å². The van der Waals surface area contributed by atoms with Crippen LogP contribution in [0.15, 0.2) is 76.3 Å². The zero-order valence-electron chi connectivity index (χ0n) is 13.1. The Morgan fingerprint density at radius 2 is 1.79 bits per heavy atom. The van der Waals surface area contributed by atoms with Gasteiger partial charge in [-0.15, -0.1) is 11.3 Å². The van der Waals surface area contributed by atoms with Gasteiger partial charge in [-0.25, -0.2) is 8.42 Å². The van der Waals surface area contributed by atoms with Crippen molar-refractivity contribution in [2.75, 3.05) is 11.4 Å². The van der Waals surface area contributed by atoms with Crippen molar-refractivity contribution in [1.82, 2.24) is 0 Å². The second kappa shape index (κ2) is 7.07. The summed E-state index contributed by atoms with van der Waals surface area (Å²) in [5, 5.41) is 1.77. The van der Waals surface area contributed by atoms with Gasteiger partial charge in [-0.05, 0) is 41.3 Å². The first kappa shape index (κ1) is 16.5. The summed E-state index contributed by atoms with van der Waals surface area (Å²) in [6, 6.07) is 19.9. The smallest absolute Gasteiger partial charge is 0.274 e. The molecule has 0 fully saturated rings. The SMILES string of the molecule is COc1cccc(CN(c2ccccc2)S(=O)(=O)c2cccs2)c1. The van der Waals surface area contributed by atoms with Crippen LogP contribution >= 0.6 is 11.3 Å². The van der Waals surface area contributed by atoms with Crippen LogP contribution in [0.2, 0.25) is 0 Å². The Morgan fingerprint density at radius 3 is 2.46 bits per heavy atom. The first-order valence-corrected chi connectivity index (χ1v) is 9.67. The van der Waals surface area contributed by atoms with Gasteiger partial charge in [0.05, 0.1) is 19.3 Å². The summed E-state index contributed by atoms with van der Waals surface area (Å²) < 4.78 is 33.1. The fourth-order valence-corrected chi connectivity index (χ4v) is 4.92. The third-order valence-corrected chi connectivity index (χ3v) is 6.69. The lowest BCUT2D eigenvalue weighted by molar-refractivity contribution is 0.414. The van der Waals surface area contributed by atoms with Crippen LogP contribution in [0, 0.1) is 0 Å². The van der Waals surface area contributed by atoms with Crippen molar-refractivity contribution in [2.24, 2.45) is 0 Å². The van der Waals surface area contributed by atoms with E-state index in [1.54, 1.807) is 36.8 Å². The average Bonchev–Trinajstić information content (AvgIpc) is 3.16. The van der Waals surface area contributed by atoms with Crippen molar-refractivity contribution < 1.29 is 13.2 Å². The highest BCUT2D eigenvalue weighted by Gasteiger charge is 2.26. The van der Waals surface area contributed by atoms with Gasteiger partial charge in [-0.2, -0.15) is 0 Å². The molecule has 0 saturated heterocycles. The number of hydrogen-bond acceptors (Lipinski definition) is 4. The maximum atomic E-state index is 13.1. The number of rotatable bonds is 6. The molecule has 124 valence electrons. The number of nitrogens with zero attached hydrogens (tertiary/aromatic N) is 1. The Labute approximate surface area is 146 Å². The molecule has 1 aromatic heterocycles. The lowest BCUT2D eigenvalue weighted by Crippen LogP contribution is -2.30. The molecule has 0 radical (unpaired) electrons. The fraction of sp³-hybridized carbons (Fsp3) is 0.111. The molecule has 0 atom stereocenters. The molecule has 3 aromatic rings. The van der Waals surface area contributed by atoms with Crippen LogP contribution in [0.1, 0.15) is 5.56 Å². The third-order valence-electron chi connectivity index (χ3n) is 3.54. The van der Waals surface area contributed by atoms with Crippen molar-refractivity contribution in [3.8, 4) is 5.75 Å². The molecule has 0 bridgehead atoms. The van der Waals surface area contributed by atoms with Gasteiger partial charge in [0.25, 0.3) is 10.0 Å². The number of benzene rings is 2. The molecule has 0 spiro atoms. The predicted molar refractivity (Wildman–Crippen MR) is 97.1 cm³/mol. The maximum absolute atomic E-state index is 13.1. The lowest BCUT2D eigenvalue weighted by atomic mass is 10.2. The highest BCUT2D eigenvalue weighted by molar-refractivity contribution is 7.94. The monoisotopic (exact) mass is 359 g/mol. The van der Waals surface area contributed by atoms with E-state index in [1.165, 1.54) is 15.6 Å². The summed E-state index contributed by atoms with van der Waals surface area (Å²) >= 11 is 1.22. The Hall–Kier alpha value is -2.31. The number of sulfonamides is 1. The van der Waals surface area contributed by atoms with Crippen molar-refractivity contribution >= 4 is 27.0 Å². The van der Waals surface area contributed by atoms with E-state index in [2.05, 4.69) is 0 Å². The van der Waals surface area contributed by atoms with E-state index in [9.17, 15) is 8.42 Å². The van der Waals surface area contributed by atoms with Crippen molar-refractivity contribution in [3.05, 3.63) is 77.7 Å². The van der Waals surface area contributed by atoms with Gasteiger partial charge in [-0.3, -0.25) is 4.31 Å². The molecular weight excluding hydrogens is 342 g/mol. The van der Waals surface area contributed by atoms with Crippen molar-refractivity contribution in [3.63, 3.8) is 0 Å². The first-order chi connectivity index (χ1) is 11.6. The molecule has 4 nitrogen and oxygen atoms in total. The van der Waals surface area contributed by atoms with Gasteiger partial charge in [-0.1, -0.05) is 36.4 Å². The second-order valence-corrected chi connectivity index (χ2v) is 8.17. The molecule has 3 rings (SSSR count). The first-order valence-electron chi connectivity index (χ1n) is 7.35. The molecule has 24 heavy (non-hydrogen) atoms. The van der Waals surface area contributed by atoms with Crippen LogP contribution in [-0.2, 0) is 16.6 Å². The van der Waals surface area contributed by atoms with E-state index >= 15 is 0 Å². The Balaban J connectivity index is 2.03. The van der Waals surface area contributed by atoms with Gasteiger partial charge in [0, 0.05) is 0 Å². The number of ether oxygens (including phenoxy) is 1. The van der Waals surface area contributed by atoms with Gasteiger partial charge < -0.3 is 4.74 Å². The summed E-state index contributed by atoms with van der Waals surface area (Å²) in [4.78, 5) is 0. The Kier molecular flexibility index (Phi) is 4.87. The fourth-order valence-electron chi connectivity index (χ4n) is 2.36. The summed E-state index contributed by atoms with van der Waals surface area (Å²) in [5.74, 6) is 0.703. The van der Waals surface area contributed by atoms with Gasteiger partial charge in [0.2, 0.25) is 0 Å². The van der Waals surface area contributed by atoms with Crippen LogP contribution in [0.4, 0.5) is 5.69 Å². The molecule has 0 aliphatic heterocycles. The molecule has 0 N–H and O–H groups in total. The Bertz CT molecular complexity index is 891. The second-order valence-electron chi connectivity index (χ2n) is 5.13. The number of methoxy groups -OCH3 is 1. The molecule has 0 aliphatic carbocycles. The maximum Gasteiger partial charge on any atom is 0.274 e. The normalized spacial score (nSPS) is 11.2. The van der Waals surface area contributed by atoms with Gasteiger partial charge >= 0.3 is 0 Å². The number of anilines is 1. The third kappa shape index (κ3) is 3.44. The van der Waals surface area contributed by atoms with E-state index in [1.807, 2.05) is 42.5 Å². The van der Waals surface area contributed by atoms with E-state index in [0.29, 0.717) is 15.6 Å². The zero-order chi connectivity index (χ0) is 17.0. The van der Waals surface area contributed by atoms with Crippen molar-refractivity contribution in [1.29, 1.82) is 0 Å². The number of hydrogen-bond donors (Lipinski definition) is 0. The van der Waals surface area contributed by atoms with Crippen LogP contribution < -0.4 is 9.04 Å². The van der Waals surface area contributed by atoms with E-state index in [4.69, 9.17) is 4.74 Å². The van der Waals surface area contributed by atoms with E-state index in [-0.39, 0.29) is 6.54 Å². The quantitative estimate of drug-likeness (QED) is 0.664. The van der Waals surface area contributed by atoms with E-state index < -0.39 is 10.0 Å². The minimum absolute atomic E-state index is 0.238. The lowest BCUT2D eigenvalue weighted by Gasteiger charge is -2.24. The highest BCUT2D eigenvalue weighted by Crippen LogP contribution is 2.28. The minimum Gasteiger partial charge on any atom is -0.497 e. The molecule has 0 saturated carbocycles. The summed E-state index contributed by atoms with van der Waals surface area (Å²) in [5.41, 5.74) is 1.49. The molecule has 0 aliphatic rings. The number of thiophene rings is 1. The number of para-hydroxylation sites is 1. The average molecular weight is 359 g/mol. The van der Waals surface area contributed by atoms with Gasteiger partial charge in [0.15, 0.2) is 0 Å². The molecule has 0 amide bonds. The summed E-state index contributed by atoms with van der Waals surface area (Å²) in [6.45, 7) is 0.238.